The summed E-state index contributed by atoms with van der Waals surface area (Å²) >= 11 is 0. The molecule has 5 nitrogen and oxygen atoms in total. The molecule has 0 aromatic heterocycles. The van der Waals surface area contributed by atoms with Crippen molar-refractivity contribution in [2.24, 2.45) is 0 Å². The van der Waals surface area contributed by atoms with Gasteiger partial charge in [-0.15, -0.1) is 0 Å². The molecule has 0 aliphatic heterocycles. The number of benzene rings is 10. The van der Waals surface area contributed by atoms with Crippen LogP contribution < -0.4 is 4.74 Å². The van der Waals surface area contributed by atoms with Crippen LogP contribution in [-0.2, 0) is 0 Å². The predicted molar refractivity (Wildman–Crippen MR) is 280 cm³/mol. The normalized spacial score (nSPS) is 11.4. The number of fused-ring (bicyclic) bond motifs is 4. The van der Waals surface area contributed by atoms with Crippen molar-refractivity contribution in [3.05, 3.63) is 247 Å². The number of hydrogen-bond acceptors (Lipinski definition) is 5. The second-order valence-corrected chi connectivity index (χ2v) is 18.5. The lowest BCUT2D eigenvalue weighted by Crippen LogP contribution is -2.18. The van der Waals surface area contributed by atoms with Crippen LogP contribution >= 0.6 is 0 Å². The lowest BCUT2D eigenvalue weighted by Gasteiger charge is -2.23. The highest BCUT2D eigenvalue weighted by Crippen LogP contribution is 2.42. The van der Waals surface area contributed by atoms with Gasteiger partial charge in [0.2, 0.25) is 0 Å². The van der Waals surface area contributed by atoms with Crippen LogP contribution in [0.4, 0.5) is 0 Å². The zero-order chi connectivity index (χ0) is 48.4. The molecule has 5 heteroatoms. The van der Waals surface area contributed by atoms with Crippen LogP contribution in [0.5, 0.6) is 11.5 Å². The molecule has 10 aromatic carbocycles. The van der Waals surface area contributed by atoms with Gasteiger partial charge in [-0.25, -0.2) is 0 Å². The number of aryl methyl sites for hydroxylation is 6. The minimum Gasteiger partial charge on any atom is -0.457 e. The van der Waals surface area contributed by atoms with Gasteiger partial charge in [-0.05, 0) is 144 Å². The van der Waals surface area contributed by atoms with Crippen molar-refractivity contribution in [1.29, 1.82) is 0 Å². The van der Waals surface area contributed by atoms with Crippen LogP contribution in [0.1, 0.15) is 108 Å². The van der Waals surface area contributed by atoms with Crippen molar-refractivity contribution >= 4 is 66.2 Å². The van der Waals surface area contributed by atoms with Crippen LogP contribution in [0, 0.1) is 55.4 Å². The number of ketones is 4. The van der Waals surface area contributed by atoms with E-state index in [0.29, 0.717) is 67.1 Å². The summed E-state index contributed by atoms with van der Waals surface area (Å²) in [7, 11) is 0. The van der Waals surface area contributed by atoms with Crippen LogP contribution in [0.25, 0.3) is 43.1 Å². The molecule has 0 spiro atoms. The van der Waals surface area contributed by atoms with Crippen LogP contribution in [-0.4, -0.2) is 23.1 Å². The fourth-order valence-corrected chi connectivity index (χ4v) is 10.5. The first-order chi connectivity index (χ1) is 33.2. The summed E-state index contributed by atoms with van der Waals surface area (Å²) in [6, 6.07) is 50.6. The molecule has 10 rings (SSSR count). The minimum absolute atomic E-state index is 0.247. The molecule has 69 heavy (non-hydrogen) atoms. The standard InChI is InChI=1S/C64H50O5/c1-35-25-29-43-17-9-13-21-47(43)53(35)61(65)57-39(5)33-51(41(7)59(57)63(67)55-37(3)27-31-45-19-11-15-23-49(45)55)69-52-34-40(6)58(62(66)54-36(2)26-30-44-18-10-14-22-48(44)54)60(42(52)8)64(68)56-38(4)28-32-46-20-12-16-24-50(46)56/h9-34H,1-8H3. The van der Waals surface area contributed by atoms with Crippen molar-refractivity contribution < 1.29 is 23.9 Å². The molecule has 0 saturated heterocycles. The van der Waals surface area contributed by atoms with Crippen molar-refractivity contribution in [3.63, 3.8) is 0 Å². The minimum atomic E-state index is -0.293. The summed E-state index contributed by atoms with van der Waals surface area (Å²) < 4.78 is 7.03. The Kier molecular flexibility index (Phi) is 11.2. The van der Waals surface area contributed by atoms with Gasteiger partial charge >= 0.3 is 0 Å². The van der Waals surface area contributed by atoms with Gasteiger partial charge in [0.25, 0.3) is 0 Å². The van der Waals surface area contributed by atoms with Gasteiger partial charge in [0.05, 0.1) is 0 Å². The monoisotopic (exact) mass is 898 g/mol. The molecular formula is C64H50O5. The third-order valence-corrected chi connectivity index (χ3v) is 14.1. The maximum Gasteiger partial charge on any atom is 0.195 e. The van der Waals surface area contributed by atoms with Crippen molar-refractivity contribution in [3.8, 4) is 11.5 Å². The fraction of sp³-hybridized carbons (Fsp3) is 0.125. The number of ether oxygens (including phenoxy) is 1. The summed E-state index contributed by atoms with van der Waals surface area (Å²) in [6.45, 7) is 15.0. The van der Waals surface area contributed by atoms with E-state index in [4.69, 9.17) is 4.74 Å². The number of hydrogen-bond donors (Lipinski definition) is 0. The predicted octanol–water partition coefficient (Wildman–Crippen LogP) is 15.5. The molecule has 0 N–H and O–H groups in total. The average Bonchev–Trinajstić information content (AvgIpc) is 3.34. The lowest BCUT2D eigenvalue weighted by molar-refractivity contribution is 0.100. The number of carbonyl (C=O) groups excluding carboxylic acids is 4. The van der Waals surface area contributed by atoms with E-state index < -0.39 is 0 Å². The Morgan fingerprint density at radius 3 is 0.797 bits per heavy atom. The van der Waals surface area contributed by atoms with E-state index in [-0.39, 0.29) is 34.3 Å². The molecule has 336 valence electrons. The van der Waals surface area contributed by atoms with Crippen LogP contribution in [0.3, 0.4) is 0 Å². The van der Waals surface area contributed by atoms with E-state index in [0.717, 1.165) is 65.3 Å². The van der Waals surface area contributed by atoms with Gasteiger partial charge in [0.1, 0.15) is 11.5 Å². The number of rotatable bonds is 10. The van der Waals surface area contributed by atoms with E-state index in [1.165, 1.54) is 0 Å². The molecule has 10 aromatic rings. The van der Waals surface area contributed by atoms with Crippen LogP contribution in [0.15, 0.2) is 158 Å². The maximum atomic E-state index is 15.6. The Hall–Kier alpha value is -8.28. The Morgan fingerprint density at radius 2 is 0.522 bits per heavy atom. The summed E-state index contributed by atoms with van der Waals surface area (Å²) in [4.78, 5) is 61.9. The molecule has 0 amide bonds. The third-order valence-electron chi connectivity index (χ3n) is 14.1. The molecule has 0 atom stereocenters. The molecule has 0 saturated carbocycles. The van der Waals surface area contributed by atoms with E-state index in [9.17, 15) is 0 Å². The van der Waals surface area contributed by atoms with Crippen molar-refractivity contribution in [2.45, 2.75) is 55.4 Å². The molecular weight excluding hydrogens is 849 g/mol. The quantitative estimate of drug-likeness (QED) is 0.128. The number of carbonyl (C=O) groups is 4. The first-order valence-corrected chi connectivity index (χ1v) is 23.3. The van der Waals surface area contributed by atoms with Gasteiger partial charge in [-0.2, -0.15) is 0 Å². The highest BCUT2D eigenvalue weighted by atomic mass is 16.5. The third kappa shape index (κ3) is 7.42. The van der Waals surface area contributed by atoms with Crippen molar-refractivity contribution in [2.75, 3.05) is 0 Å². The summed E-state index contributed by atoms with van der Waals surface area (Å²) in [5.74, 6) is -0.391. The largest absolute Gasteiger partial charge is 0.457 e. The highest BCUT2D eigenvalue weighted by Gasteiger charge is 2.33. The van der Waals surface area contributed by atoms with E-state index in [1.807, 2.05) is 213 Å². The molecule has 0 aliphatic carbocycles. The van der Waals surface area contributed by atoms with Gasteiger partial charge in [-0.1, -0.05) is 146 Å². The Labute approximate surface area is 402 Å². The lowest BCUT2D eigenvalue weighted by atomic mass is 9.82. The molecule has 0 radical (unpaired) electrons. The highest BCUT2D eigenvalue weighted by molar-refractivity contribution is 6.28. The second kappa shape index (κ2) is 17.4. The molecule has 0 heterocycles. The first-order valence-electron chi connectivity index (χ1n) is 23.3. The maximum absolute atomic E-state index is 15.6. The summed E-state index contributed by atoms with van der Waals surface area (Å²) in [6.07, 6.45) is 0. The molecule has 0 fully saturated rings. The smallest absolute Gasteiger partial charge is 0.195 e. The molecule has 0 aliphatic rings. The zero-order valence-corrected chi connectivity index (χ0v) is 40.1. The zero-order valence-electron chi connectivity index (χ0n) is 40.1. The Morgan fingerprint density at radius 1 is 0.275 bits per heavy atom. The van der Waals surface area contributed by atoms with Gasteiger partial charge in [0.15, 0.2) is 23.1 Å². The van der Waals surface area contributed by atoms with Crippen LogP contribution in [0.2, 0.25) is 0 Å². The first kappa shape index (κ1) is 44.6. The van der Waals surface area contributed by atoms with Gasteiger partial charge in [0, 0.05) is 55.6 Å². The summed E-state index contributed by atoms with van der Waals surface area (Å²) in [5, 5.41) is 6.83. The summed E-state index contributed by atoms with van der Waals surface area (Å²) in [5.41, 5.74) is 8.41. The Bertz CT molecular complexity index is 3620. The van der Waals surface area contributed by atoms with E-state index >= 15 is 19.2 Å². The van der Waals surface area contributed by atoms with E-state index in [2.05, 4.69) is 0 Å². The van der Waals surface area contributed by atoms with Gasteiger partial charge in [-0.3, -0.25) is 19.2 Å². The average molecular weight is 899 g/mol. The van der Waals surface area contributed by atoms with Crippen molar-refractivity contribution in [1.82, 2.24) is 0 Å². The SMILES string of the molecule is Cc1cc(Oc2cc(C)c(C(=O)c3c(C)ccc4ccccc34)c(C(=O)c3c(C)ccc4ccccc34)c2C)c(C)c(C(=O)c2c(C)ccc3ccccc23)c1C(=O)c1c(C)ccc2ccccc12. The molecule has 0 unspecified atom stereocenters. The Balaban J connectivity index is 1.21. The van der Waals surface area contributed by atoms with E-state index in [1.54, 1.807) is 0 Å². The topological polar surface area (TPSA) is 77.5 Å². The van der Waals surface area contributed by atoms with Gasteiger partial charge < -0.3 is 4.74 Å². The fourth-order valence-electron chi connectivity index (χ4n) is 10.5. The molecule has 0 bridgehead atoms. The second-order valence-electron chi connectivity index (χ2n) is 18.5.